The van der Waals surface area contributed by atoms with E-state index in [0.717, 1.165) is 6.42 Å². The van der Waals surface area contributed by atoms with Gasteiger partial charge in [0.05, 0.1) is 21.3 Å². The molecule has 1 aromatic carbocycles. The van der Waals surface area contributed by atoms with Crippen LogP contribution in [-0.2, 0) is 10.0 Å². The Morgan fingerprint density at radius 3 is 2.41 bits per heavy atom. The summed E-state index contributed by atoms with van der Waals surface area (Å²) in [5.74, 6) is 0.368. The monoisotopic (exact) mass is 427 g/mol. The van der Waals surface area contributed by atoms with E-state index >= 15 is 0 Å². The van der Waals surface area contributed by atoms with Crippen molar-refractivity contribution in [2.24, 2.45) is 0 Å². The molecule has 0 saturated carbocycles. The van der Waals surface area contributed by atoms with Crippen molar-refractivity contribution < 1.29 is 8.42 Å². The lowest BCUT2D eigenvalue weighted by molar-refractivity contribution is 0.587. The summed E-state index contributed by atoms with van der Waals surface area (Å²) in [6.45, 7) is 5.79. The SMILES string of the molecule is CCCCN(c1nc2nc(C)c(Cl)c(C)n2n1)S(=O)(=O)c1ccc(Cl)cc1. The molecule has 2 aromatic heterocycles. The van der Waals surface area contributed by atoms with Gasteiger partial charge in [-0.2, -0.15) is 9.50 Å². The van der Waals surface area contributed by atoms with Crippen LogP contribution in [0.15, 0.2) is 29.2 Å². The average molecular weight is 428 g/mol. The number of rotatable bonds is 6. The quantitative estimate of drug-likeness (QED) is 0.592. The minimum absolute atomic E-state index is 0.0654. The number of benzene rings is 1. The predicted molar refractivity (Wildman–Crippen MR) is 106 cm³/mol. The van der Waals surface area contributed by atoms with Gasteiger partial charge in [-0.05, 0) is 44.5 Å². The number of hydrogen-bond donors (Lipinski definition) is 0. The second-order valence-corrected chi connectivity index (χ2v) is 8.78. The Morgan fingerprint density at radius 2 is 1.78 bits per heavy atom. The molecule has 0 unspecified atom stereocenters. The number of fused-ring (bicyclic) bond motifs is 1. The van der Waals surface area contributed by atoms with Crippen molar-refractivity contribution in [1.29, 1.82) is 0 Å². The third-order valence-corrected chi connectivity index (χ3v) is 6.73. The van der Waals surface area contributed by atoms with Crippen molar-refractivity contribution in [3.63, 3.8) is 0 Å². The summed E-state index contributed by atoms with van der Waals surface area (Å²) >= 11 is 12.1. The van der Waals surface area contributed by atoms with E-state index in [0.29, 0.717) is 33.6 Å². The van der Waals surface area contributed by atoms with Gasteiger partial charge in [0, 0.05) is 11.6 Å². The third-order valence-electron chi connectivity index (χ3n) is 4.14. The van der Waals surface area contributed by atoms with Crippen LogP contribution in [0.2, 0.25) is 10.0 Å². The molecule has 0 aliphatic rings. The van der Waals surface area contributed by atoms with E-state index in [-0.39, 0.29) is 17.4 Å². The van der Waals surface area contributed by atoms with Crippen molar-refractivity contribution in [1.82, 2.24) is 19.6 Å². The maximum atomic E-state index is 13.2. The zero-order chi connectivity index (χ0) is 19.8. The molecule has 7 nitrogen and oxygen atoms in total. The smallest absolute Gasteiger partial charge is 0.232 e. The topological polar surface area (TPSA) is 80.5 Å². The number of halogens is 2. The number of nitrogens with zero attached hydrogens (tertiary/aromatic N) is 5. The highest BCUT2D eigenvalue weighted by molar-refractivity contribution is 7.92. The van der Waals surface area contributed by atoms with Crippen molar-refractivity contribution in [2.75, 3.05) is 10.8 Å². The molecule has 0 fully saturated rings. The van der Waals surface area contributed by atoms with E-state index in [2.05, 4.69) is 15.1 Å². The van der Waals surface area contributed by atoms with Crippen LogP contribution < -0.4 is 4.31 Å². The molecule has 0 spiro atoms. The number of aromatic nitrogens is 4. The molecule has 144 valence electrons. The number of aryl methyl sites for hydroxylation is 2. The standard InChI is InChI=1S/C17H19Cl2N5O2S/c1-4-5-10-23(27(25,26)14-8-6-13(18)7-9-14)17-21-16-20-11(2)15(19)12(3)24(16)22-17/h6-9H,4-5,10H2,1-3H3. The lowest BCUT2D eigenvalue weighted by Gasteiger charge is -2.20. The largest absolute Gasteiger partial charge is 0.266 e. The van der Waals surface area contributed by atoms with Crippen LogP contribution >= 0.6 is 23.2 Å². The highest BCUT2D eigenvalue weighted by Gasteiger charge is 2.28. The van der Waals surface area contributed by atoms with E-state index in [1.165, 1.54) is 21.0 Å². The Hall–Kier alpha value is -1.90. The fourth-order valence-corrected chi connectivity index (χ4v) is 4.26. The van der Waals surface area contributed by atoms with Crippen molar-refractivity contribution in [3.05, 3.63) is 45.7 Å². The first-order valence-corrected chi connectivity index (χ1v) is 10.6. The Bertz CT molecular complexity index is 1080. The third kappa shape index (κ3) is 3.74. The molecule has 0 aliphatic carbocycles. The molecule has 10 heteroatoms. The van der Waals surface area contributed by atoms with E-state index in [1.807, 2.05) is 6.92 Å². The van der Waals surface area contributed by atoms with Gasteiger partial charge in [0.2, 0.25) is 0 Å². The maximum Gasteiger partial charge on any atom is 0.266 e. The number of hydrogen-bond acceptors (Lipinski definition) is 5. The summed E-state index contributed by atoms with van der Waals surface area (Å²) in [5.41, 5.74) is 1.26. The minimum atomic E-state index is -3.85. The Labute approximate surface area is 168 Å². The van der Waals surface area contributed by atoms with Gasteiger partial charge >= 0.3 is 0 Å². The Kier molecular flexibility index (Phi) is 5.60. The molecular formula is C17H19Cl2N5O2S. The summed E-state index contributed by atoms with van der Waals surface area (Å²) in [5, 5.41) is 5.29. The maximum absolute atomic E-state index is 13.2. The summed E-state index contributed by atoms with van der Waals surface area (Å²) in [6.07, 6.45) is 1.48. The van der Waals surface area contributed by atoms with Crippen LogP contribution in [0.4, 0.5) is 5.95 Å². The van der Waals surface area contributed by atoms with Crippen LogP contribution in [-0.4, -0.2) is 34.5 Å². The molecule has 0 radical (unpaired) electrons. The first-order valence-electron chi connectivity index (χ1n) is 8.43. The minimum Gasteiger partial charge on any atom is -0.232 e. The Balaban J connectivity index is 2.14. The average Bonchev–Trinajstić information content (AvgIpc) is 3.04. The van der Waals surface area contributed by atoms with Crippen LogP contribution in [0, 0.1) is 13.8 Å². The number of unbranched alkanes of at least 4 members (excludes halogenated alkanes) is 1. The fraction of sp³-hybridized carbons (Fsp3) is 0.353. The molecule has 3 aromatic rings. The second kappa shape index (κ2) is 7.61. The van der Waals surface area contributed by atoms with Gasteiger partial charge in [-0.3, -0.25) is 0 Å². The van der Waals surface area contributed by atoms with Crippen LogP contribution in [0.1, 0.15) is 31.2 Å². The molecule has 0 saturated heterocycles. The lowest BCUT2D eigenvalue weighted by Crippen LogP contribution is -2.33. The van der Waals surface area contributed by atoms with E-state index in [9.17, 15) is 8.42 Å². The van der Waals surface area contributed by atoms with Gasteiger partial charge in [0.25, 0.3) is 21.7 Å². The van der Waals surface area contributed by atoms with Gasteiger partial charge in [-0.25, -0.2) is 17.7 Å². The fourth-order valence-electron chi connectivity index (χ4n) is 2.61. The molecule has 0 N–H and O–H groups in total. The van der Waals surface area contributed by atoms with E-state index in [1.54, 1.807) is 26.0 Å². The normalized spacial score (nSPS) is 11.9. The molecule has 0 aliphatic heterocycles. The molecular weight excluding hydrogens is 409 g/mol. The molecule has 0 bridgehead atoms. The Morgan fingerprint density at radius 1 is 1.11 bits per heavy atom. The molecule has 2 heterocycles. The zero-order valence-corrected chi connectivity index (χ0v) is 17.5. The van der Waals surface area contributed by atoms with Crippen LogP contribution in [0.5, 0.6) is 0 Å². The van der Waals surface area contributed by atoms with Gasteiger partial charge in [0.15, 0.2) is 0 Å². The van der Waals surface area contributed by atoms with E-state index in [4.69, 9.17) is 23.2 Å². The second-order valence-electron chi connectivity index (χ2n) is 6.10. The first-order chi connectivity index (χ1) is 12.8. The number of sulfonamides is 1. The van der Waals surface area contributed by atoms with E-state index < -0.39 is 10.0 Å². The molecule has 0 atom stereocenters. The summed E-state index contributed by atoms with van der Waals surface area (Å²) in [6, 6.07) is 6.02. The van der Waals surface area contributed by atoms with Crippen molar-refractivity contribution in [3.8, 4) is 0 Å². The first kappa shape index (κ1) is 19.9. The van der Waals surface area contributed by atoms with Crippen molar-refractivity contribution in [2.45, 2.75) is 38.5 Å². The predicted octanol–water partition coefficient (Wildman–Crippen LogP) is 4.04. The van der Waals surface area contributed by atoms with Crippen LogP contribution in [0.25, 0.3) is 5.78 Å². The highest BCUT2D eigenvalue weighted by Crippen LogP contribution is 2.25. The van der Waals surface area contributed by atoms with Gasteiger partial charge in [-0.15, -0.1) is 5.10 Å². The highest BCUT2D eigenvalue weighted by atomic mass is 35.5. The molecule has 0 amide bonds. The van der Waals surface area contributed by atoms with Gasteiger partial charge in [-0.1, -0.05) is 36.5 Å². The zero-order valence-electron chi connectivity index (χ0n) is 15.1. The summed E-state index contributed by atoms with van der Waals surface area (Å²) in [4.78, 5) is 8.77. The molecule has 3 rings (SSSR count). The summed E-state index contributed by atoms with van der Waals surface area (Å²) in [7, 11) is -3.85. The van der Waals surface area contributed by atoms with Crippen LogP contribution in [0.3, 0.4) is 0 Å². The van der Waals surface area contributed by atoms with Gasteiger partial charge in [0.1, 0.15) is 0 Å². The lowest BCUT2D eigenvalue weighted by atomic mass is 10.3. The van der Waals surface area contributed by atoms with Gasteiger partial charge < -0.3 is 0 Å². The summed E-state index contributed by atoms with van der Waals surface area (Å²) < 4.78 is 29.1. The number of anilines is 1. The van der Waals surface area contributed by atoms with Crippen molar-refractivity contribution >= 4 is 45.0 Å². The molecule has 27 heavy (non-hydrogen) atoms.